The van der Waals surface area contributed by atoms with Gasteiger partial charge in [0.2, 0.25) is 17.7 Å². The molecule has 5 rings (SSSR count). The van der Waals surface area contributed by atoms with E-state index in [0.717, 1.165) is 12.1 Å². The molecule has 1 aliphatic heterocycles. The highest BCUT2D eigenvalue weighted by atomic mass is 19.4. The lowest BCUT2D eigenvalue weighted by Crippen LogP contribution is -2.43. The number of hydrogen-bond donors (Lipinski definition) is 1. The third-order valence-electron chi connectivity index (χ3n) is 7.18. The molecule has 0 atom stereocenters. The number of nitrogens with one attached hydrogen (secondary N) is 1. The van der Waals surface area contributed by atoms with E-state index in [1.165, 1.54) is 23.0 Å². The minimum absolute atomic E-state index is 0.0894. The number of ether oxygens (including phenoxy) is 2. The van der Waals surface area contributed by atoms with Gasteiger partial charge in [-0.05, 0) is 81.6 Å². The Morgan fingerprint density at radius 1 is 0.933 bits per heavy atom. The van der Waals surface area contributed by atoms with Crippen molar-refractivity contribution in [1.82, 2.24) is 19.4 Å². The second-order valence-electron chi connectivity index (χ2n) is 11.7. The second-order valence-corrected chi connectivity index (χ2v) is 11.7. The third kappa shape index (κ3) is 7.78. The van der Waals surface area contributed by atoms with E-state index < -0.39 is 17.3 Å². The Morgan fingerprint density at radius 3 is 2.22 bits per heavy atom. The van der Waals surface area contributed by atoms with Crippen molar-refractivity contribution in [2.24, 2.45) is 5.92 Å². The molecule has 0 spiro atoms. The first-order valence-corrected chi connectivity index (χ1v) is 14.3. The van der Waals surface area contributed by atoms with E-state index in [1.807, 2.05) is 20.8 Å². The molecule has 2 aromatic heterocycles. The normalized spacial score (nSPS) is 14.3. The summed E-state index contributed by atoms with van der Waals surface area (Å²) in [5.41, 5.74) is -0.0476. The summed E-state index contributed by atoms with van der Waals surface area (Å²) in [5.74, 6) is -0.146. The summed E-state index contributed by atoms with van der Waals surface area (Å²) in [6, 6.07) is 12.6. The van der Waals surface area contributed by atoms with Gasteiger partial charge in [0, 0.05) is 30.9 Å². The maximum Gasteiger partial charge on any atom is 0.416 e. The second kappa shape index (κ2) is 12.6. The molecule has 10 nitrogen and oxygen atoms in total. The number of fused-ring (bicyclic) bond motifs is 1. The lowest BCUT2D eigenvalue weighted by Gasteiger charge is -2.32. The number of benzene rings is 2. The molecule has 236 valence electrons. The van der Waals surface area contributed by atoms with Crippen LogP contribution in [0.5, 0.6) is 11.6 Å². The fraction of sp³-hybridized carbons (Fsp3) is 0.344. The van der Waals surface area contributed by atoms with Crippen LogP contribution in [0.3, 0.4) is 0 Å². The van der Waals surface area contributed by atoms with Crippen LogP contribution < -0.4 is 10.1 Å². The molecule has 45 heavy (non-hydrogen) atoms. The zero-order chi connectivity index (χ0) is 32.4. The largest absolute Gasteiger partial charge is 0.444 e. The Bertz CT molecular complexity index is 1690. The number of hydrogen-bond acceptors (Lipinski definition) is 7. The van der Waals surface area contributed by atoms with Crippen molar-refractivity contribution in [2.75, 3.05) is 18.4 Å². The van der Waals surface area contributed by atoms with Gasteiger partial charge in [0.1, 0.15) is 17.7 Å². The molecule has 2 aromatic carbocycles. The summed E-state index contributed by atoms with van der Waals surface area (Å²) in [4.78, 5) is 48.3. The van der Waals surface area contributed by atoms with Gasteiger partial charge in [-0.15, -0.1) is 0 Å². The van der Waals surface area contributed by atoms with Crippen LogP contribution in [0.2, 0.25) is 0 Å². The minimum Gasteiger partial charge on any atom is -0.444 e. The van der Waals surface area contributed by atoms with Crippen molar-refractivity contribution in [2.45, 2.75) is 51.8 Å². The SMILES string of the molecule is CC(C)(C)OC(=O)N1CCC(C(=O)n2ccc3c(Oc4ccc(NC(=O)Cc5ccc(C(F)(F)F)cc5)cc4)ncnc32)CC1. The van der Waals surface area contributed by atoms with Gasteiger partial charge in [-0.25, -0.2) is 14.8 Å². The Hall–Kier alpha value is -4.94. The molecule has 0 aliphatic carbocycles. The Kier molecular flexibility index (Phi) is 8.80. The summed E-state index contributed by atoms with van der Waals surface area (Å²) < 4.78 is 51.2. The monoisotopic (exact) mass is 623 g/mol. The minimum atomic E-state index is -4.44. The van der Waals surface area contributed by atoms with E-state index in [1.54, 1.807) is 41.4 Å². The van der Waals surface area contributed by atoms with Crippen molar-refractivity contribution in [3.05, 3.63) is 78.2 Å². The molecule has 0 radical (unpaired) electrons. The lowest BCUT2D eigenvalue weighted by molar-refractivity contribution is -0.137. The highest BCUT2D eigenvalue weighted by Crippen LogP contribution is 2.31. The van der Waals surface area contributed by atoms with Gasteiger partial charge in [-0.2, -0.15) is 13.2 Å². The quantitative estimate of drug-likeness (QED) is 0.254. The van der Waals surface area contributed by atoms with Crippen LogP contribution in [-0.4, -0.2) is 56.0 Å². The van der Waals surface area contributed by atoms with Gasteiger partial charge in [0.25, 0.3) is 0 Å². The van der Waals surface area contributed by atoms with Crippen LogP contribution in [0.15, 0.2) is 67.1 Å². The number of piperidine rings is 1. The van der Waals surface area contributed by atoms with Gasteiger partial charge >= 0.3 is 12.3 Å². The van der Waals surface area contributed by atoms with Gasteiger partial charge in [0.05, 0.1) is 17.4 Å². The number of amides is 2. The molecular formula is C32H32F3N5O5. The smallest absolute Gasteiger partial charge is 0.416 e. The lowest BCUT2D eigenvalue weighted by atomic mass is 9.96. The fourth-order valence-corrected chi connectivity index (χ4v) is 4.94. The van der Waals surface area contributed by atoms with Crippen LogP contribution in [0.25, 0.3) is 11.0 Å². The molecule has 1 N–H and O–H groups in total. The van der Waals surface area contributed by atoms with Gasteiger partial charge in [0.15, 0.2) is 5.65 Å². The number of nitrogens with zero attached hydrogens (tertiary/aromatic N) is 4. The first-order chi connectivity index (χ1) is 21.3. The van der Waals surface area contributed by atoms with E-state index in [4.69, 9.17) is 9.47 Å². The molecule has 0 unspecified atom stereocenters. The molecule has 1 saturated heterocycles. The fourth-order valence-electron chi connectivity index (χ4n) is 4.94. The summed E-state index contributed by atoms with van der Waals surface area (Å²) in [6.07, 6.45) is -0.977. The van der Waals surface area contributed by atoms with E-state index in [9.17, 15) is 27.6 Å². The molecule has 2 amide bonds. The Labute approximate surface area is 257 Å². The van der Waals surface area contributed by atoms with Crippen molar-refractivity contribution >= 4 is 34.6 Å². The van der Waals surface area contributed by atoms with Crippen LogP contribution in [0.4, 0.5) is 23.7 Å². The van der Waals surface area contributed by atoms with Crippen molar-refractivity contribution in [3.63, 3.8) is 0 Å². The van der Waals surface area contributed by atoms with Gasteiger partial charge in [-0.1, -0.05) is 12.1 Å². The summed E-state index contributed by atoms with van der Waals surface area (Å²) >= 11 is 0. The third-order valence-corrected chi connectivity index (χ3v) is 7.18. The summed E-state index contributed by atoms with van der Waals surface area (Å²) in [6.45, 7) is 6.27. The zero-order valence-electron chi connectivity index (χ0n) is 24.9. The van der Waals surface area contributed by atoms with Crippen molar-refractivity contribution < 1.29 is 37.0 Å². The first kappa shape index (κ1) is 31.5. The standard InChI is InChI=1S/C32H32F3N5O5/c1-31(2,3)45-30(43)39-15-12-21(13-16-39)29(42)40-17-14-25-27(40)36-19-37-28(25)44-24-10-8-23(9-11-24)38-26(41)18-20-4-6-22(7-5-20)32(33,34)35/h4-11,14,17,19,21H,12-13,15-16,18H2,1-3H3,(H,38,41). The number of carbonyl (C=O) groups excluding carboxylic acids is 3. The molecule has 0 bridgehead atoms. The van der Waals surface area contributed by atoms with E-state index >= 15 is 0 Å². The molecule has 13 heteroatoms. The van der Waals surface area contributed by atoms with E-state index in [2.05, 4.69) is 15.3 Å². The zero-order valence-corrected chi connectivity index (χ0v) is 24.9. The van der Waals surface area contributed by atoms with E-state index in [0.29, 0.717) is 54.0 Å². The number of carbonyl (C=O) groups is 3. The summed E-state index contributed by atoms with van der Waals surface area (Å²) in [5, 5.41) is 3.24. The number of likely N-dealkylation sites (tertiary alicyclic amines) is 1. The maximum absolute atomic E-state index is 13.4. The molecule has 1 fully saturated rings. The van der Waals surface area contributed by atoms with Crippen LogP contribution in [0.1, 0.15) is 49.5 Å². The number of alkyl halides is 3. The topological polar surface area (TPSA) is 116 Å². The van der Waals surface area contributed by atoms with Gasteiger partial charge < -0.3 is 19.7 Å². The predicted octanol–water partition coefficient (Wildman–Crippen LogP) is 6.71. The van der Waals surface area contributed by atoms with Crippen LogP contribution in [0, 0.1) is 5.92 Å². The molecule has 3 heterocycles. The number of rotatable bonds is 6. The van der Waals surface area contributed by atoms with Crippen molar-refractivity contribution in [3.8, 4) is 11.6 Å². The molecule has 4 aromatic rings. The number of anilines is 1. The Balaban J connectivity index is 1.19. The average molecular weight is 624 g/mol. The molecular weight excluding hydrogens is 591 g/mol. The first-order valence-electron chi connectivity index (χ1n) is 14.3. The Morgan fingerprint density at radius 2 is 1.60 bits per heavy atom. The maximum atomic E-state index is 13.4. The van der Waals surface area contributed by atoms with Crippen molar-refractivity contribution in [1.29, 1.82) is 0 Å². The number of halogens is 3. The summed E-state index contributed by atoms with van der Waals surface area (Å²) in [7, 11) is 0. The predicted molar refractivity (Wildman–Crippen MR) is 159 cm³/mol. The average Bonchev–Trinajstić information content (AvgIpc) is 3.42. The number of aromatic nitrogens is 3. The van der Waals surface area contributed by atoms with E-state index in [-0.39, 0.29) is 36.1 Å². The highest BCUT2D eigenvalue weighted by Gasteiger charge is 2.32. The highest BCUT2D eigenvalue weighted by molar-refractivity contribution is 5.94. The van der Waals surface area contributed by atoms with Crippen LogP contribution >= 0.6 is 0 Å². The molecule has 1 aliphatic rings. The molecule has 0 saturated carbocycles. The van der Waals surface area contributed by atoms with Crippen LogP contribution in [-0.2, 0) is 22.1 Å². The van der Waals surface area contributed by atoms with Gasteiger partial charge in [-0.3, -0.25) is 14.2 Å².